The summed E-state index contributed by atoms with van der Waals surface area (Å²) >= 11 is 0. The van der Waals surface area contributed by atoms with Gasteiger partial charge in [-0.15, -0.1) is 0 Å². The lowest BCUT2D eigenvalue weighted by atomic mass is 9.82. The third-order valence-corrected chi connectivity index (χ3v) is 3.96. The van der Waals surface area contributed by atoms with E-state index < -0.39 is 0 Å². The topological polar surface area (TPSA) is 58.9 Å². The molecule has 1 aliphatic rings. The quantitative estimate of drug-likeness (QED) is 0.622. The summed E-state index contributed by atoms with van der Waals surface area (Å²) in [6.07, 6.45) is 8.17. The highest BCUT2D eigenvalue weighted by atomic mass is 16.1. The first-order valence-corrected chi connectivity index (χ1v) is 6.97. The molecular weight excluding hydrogens is 252 g/mol. The lowest BCUT2D eigenvalue weighted by Crippen LogP contribution is -2.18. The van der Waals surface area contributed by atoms with Crippen LogP contribution in [0.5, 0.6) is 0 Å². The Morgan fingerprint density at radius 3 is 2.55 bits per heavy atom. The summed E-state index contributed by atoms with van der Waals surface area (Å²) in [7, 11) is 0. The van der Waals surface area contributed by atoms with Crippen LogP contribution in [-0.2, 0) is 16.0 Å². The molecule has 1 saturated carbocycles. The Kier molecular flexibility index (Phi) is 5.00. The van der Waals surface area contributed by atoms with Crippen LogP contribution in [0, 0.1) is 12.8 Å². The molecule has 0 unspecified atom stereocenters. The first-order chi connectivity index (χ1) is 9.72. The van der Waals surface area contributed by atoms with Crippen molar-refractivity contribution in [1.82, 2.24) is 0 Å². The molecule has 2 rings (SSSR count). The van der Waals surface area contributed by atoms with Crippen molar-refractivity contribution in [2.75, 3.05) is 0 Å². The Bertz CT molecular complexity index is 562. The molecule has 0 bridgehead atoms. The van der Waals surface area contributed by atoms with Gasteiger partial charge in [-0.25, -0.2) is 14.6 Å². The number of nitrogens with zero attached hydrogens (tertiary/aromatic N) is 2. The standard InChI is InChI=1S/C16H18N2O2/c1-12-2-7-16(18-11-20)14(8-12)9-13-3-5-15(6-4-13)17-10-19/h2,7-8,13,15H,3-6,9H2,1H3. The molecule has 20 heavy (non-hydrogen) atoms. The number of aryl methyl sites for hydroxylation is 1. The van der Waals surface area contributed by atoms with Crippen molar-refractivity contribution in [3.8, 4) is 0 Å². The Morgan fingerprint density at radius 1 is 1.15 bits per heavy atom. The molecule has 0 saturated heterocycles. The predicted octanol–water partition coefficient (Wildman–Crippen LogP) is 3.40. The molecule has 0 spiro atoms. The molecule has 4 nitrogen and oxygen atoms in total. The highest BCUT2D eigenvalue weighted by molar-refractivity contribution is 5.54. The van der Waals surface area contributed by atoms with Crippen molar-refractivity contribution in [3.63, 3.8) is 0 Å². The Balaban J connectivity index is 2.05. The minimum absolute atomic E-state index is 0.147. The Morgan fingerprint density at radius 2 is 1.90 bits per heavy atom. The number of carbonyl (C=O) groups excluding carboxylic acids is 2. The SMILES string of the molecule is Cc1ccc(N=C=O)c(CC2CCC(N=C=O)CC2)c1. The first kappa shape index (κ1) is 14.4. The number of aliphatic imine (C=N–C) groups is 2. The second kappa shape index (κ2) is 6.95. The average Bonchev–Trinajstić information content (AvgIpc) is 2.44. The molecule has 1 aliphatic carbocycles. The molecule has 0 radical (unpaired) electrons. The maximum Gasteiger partial charge on any atom is 0.240 e. The number of hydrogen-bond donors (Lipinski definition) is 0. The van der Waals surface area contributed by atoms with Crippen LogP contribution in [-0.4, -0.2) is 18.2 Å². The number of rotatable bonds is 4. The van der Waals surface area contributed by atoms with Crippen LogP contribution in [0.4, 0.5) is 5.69 Å². The molecule has 0 N–H and O–H groups in total. The fourth-order valence-electron chi connectivity index (χ4n) is 2.90. The average molecular weight is 270 g/mol. The molecule has 0 atom stereocenters. The van der Waals surface area contributed by atoms with E-state index >= 15 is 0 Å². The molecule has 1 aromatic carbocycles. The van der Waals surface area contributed by atoms with Gasteiger partial charge in [-0.2, -0.15) is 4.99 Å². The zero-order valence-electron chi connectivity index (χ0n) is 11.6. The molecule has 1 fully saturated rings. The lowest BCUT2D eigenvalue weighted by Gasteiger charge is -2.25. The molecule has 1 aromatic rings. The monoisotopic (exact) mass is 270 g/mol. The third-order valence-electron chi connectivity index (χ3n) is 3.96. The van der Waals surface area contributed by atoms with Crippen LogP contribution in [0.15, 0.2) is 28.2 Å². The molecule has 104 valence electrons. The van der Waals surface area contributed by atoms with Crippen molar-refractivity contribution in [2.24, 2.45) is 15.9 Å². The Labute approximate surface area is 118 Å². The molecule has 0 amide bonds. The van der Waals surface area contributed by atoms with E-state index in [0.717, 1.165) is 43.4 Å². The van der Waals surface area contributed by atoms with E-state index in [-0.39, 0.29) is 6.04 Å². The van der Waals surface area contributed by atoms with Crippen molar-refractivity contribution < 1.29 is 9.59 Å². The summed E-state index contributed by atoms with van der Waals surface area (Å²) < 4.78 is 0. The zero-order valence-corrected chi connectivity index (χ0v) is 11.6. The lowest BCUT2D eigenvalue weighted by molar-refractivity contribution is 0.325. The van der Waals surface area contributed by atoms with Crippen LogP contribution >= 0.6 is 0 Å². The van der Waals surface area contributed by atoms with Crippen molar-refractivity contribution in [2.45, 2.75) is 45.1 Å². The van der Waals surface area contributed by atoms with E-state index in [1.807, 2.05) is 19.1 Å². The first-order valence-electron chi connectivity index (χ1n) is 6.97. The Hall–Kier alpha value is -2.02. The van der Waals surface area contributed by atoms with Crippen molar-refractivity contribution >= 4 is 17.8 Å². The van der Waals surface area contributed by atoms with E-state index in [4.69, 9.17) is 0 Å². The maximum absolute atomic E-state index is 10.5. The highest BCUT2D eigenvalue weighted by Gasteiger charge is 2.21. The van der Waals surface area contributed by atoms with Gasteiger partial charge in [0.15, 0.2) is 0 Å². The van der Waals surface area contributed by atoms with E-state index in [9.17, 15) is 9.59 Å². The largest absolute Gasteiger partial charge is 0.240 e. The highest BCUT2D eigenvalue weighted by Crippen LogP contribution is 2.31. The van der Waals surface area contributed by atoms with Crippen LogP contribution in [0.1, 0.15) is 36.8 Å². The second-order valence-corrected chi connectivity index (χ2v) is 5.43. The van der Waals surface area contributed by atoms with Gasteiger partial charge in [0.1, 0.15) is 0 Å². The van der Waals surface area contributed by atoms with Crippen LogP contribution < -0.4 is 0 Å². The summed E-state index contributed by atoms with van der Waals surface area (Å²) in [5.41, 5.74) is 3.00. The van der Waals surface area contributed by atoms with Gasteiger partial charge in [0.2, 0.25) is 12.2 Å². The summed E-state index contributed by atoms with van der Waals surface area (Å²) in [5, 5.41) is 0. The number of isocyanates is 2. The fourth-order valence-corrected chi connectivity index (χ4v) is 2.90. The van der Waals surface area contributed by atoms with Gasteiger partial charge in [-0.1, -0.05) is 17.7 Å². The number of hydrogen-bond acceptors (Lipinski definition) is 4. The predicted molar refractivity (Wildman–Crippen MR) is 76.5 cm³/mol. The molecule has 0 heterocycles. The minimum Gasteiger partial charge on any atom is -0.211 e. The molecular formula is C16H18N2O2. The van der Waals surface area contributed by atoms with Gasteiger partial charge in [0, 0.05) is 0 Å². The summed E-state index contributed by atoms with van der Waals surface area (Å²) in [6.45, 7) is 2.04. The van der Waals surface area contributed by atoms with Gasteiger partial charge < -0.3 is 0 Å². The van der Waals surface area contributed by atoms with Crippen LogP contribution in [0.2, 0.25) is 0 Å². The fraction of sp³-hybridized carbons (Fsp3) is 0.500. The normalized spacial score (nSPS) is 21.6. The smallest absolute Gasteiger partial charge is 0.211 e. The molecule has 0 aromatic heterocycles. The van der Waals surface area contributed by atoms with Crippen LogP contribution in [0.3, 0.4) is 0 Å². The summed E-state index contributed by atoms with van der Waals surface area (Å²) in [6, 6.07) is 6.06. The summed E-state index contributed by atoms with van der Waals surface area (Å²) in [4.78, 5) is 28.3. The zero-order chi connectivity index (χ0) is 14.4. The van der Waals surface area contributed by atoms with Gasteiger partial charge >= 0.3 is 0 Å². The maximum atomic E-state index is 10.5. The van der Waals surface area contributed by atoms with Gasteiger partial charge in [-0.3, -0.25) is 0 Å². The van der Waals surface area contributed by atoms with Gasteiger partial charge in [0.05, 0.1) is 11.7 Å². The van der Waals surface area contributed by atoms with E-state index in [1.165, 1.54) is 5.56 Å². The van der Waals surface area contributed by atoms with E-state index in [1.54, 1.807) is 12.2 Å². The van der Waals surface area contributed by atoms with Crippen molar-refractivity contribution in [1.29, 1.82) is 0 Å². The van der Waals surface area contributed by atoms with E-state index in [0.29, 0.717) is 5.92 Å². The molecule has 0 aliphatic heterocycles. The number of benzene rings is 1. The summed E-state index contributed by atoms with van der Waals surface area (Å²) in [5.74, 6) is 0.565. The molecule has 4 heteroatoms. The van der Waals surface area contributed by atoms with Gasteiger partial charge in [-0.05, 0) is 56.6 Å². The minimum atomic E-state index is 0.147. The van der Waals surface area contributed by atoms with E-state index in [2.05, 4.69) is 16.1 Å². The third kappa shape index (κ3) is 3.74. The van der Waals surface area contributed by atoms with Gasteiger partial charge in [0.25, 0.3) is 0 Å². The second-order valence-electron chi connectivity index (χ2n) is 5.43. The van der Waals surface area contributed by atoms with Crippen molar-refractivity contribution in [3.05, 3.63) is 29.3 Å². The van der Waals surface area contributed by atoms with Crippen LogP contribution in [0.25, 0.3) is 0 Å².